The zero-order valence-electron chi connectivity index (χ0n) is 19.0. The summed E-state index contributed by atoms with van der Waals surface area (Å²) in [4.78, 5) is 0. The minimum atomic E-state index is 0.206. The highest BCUT2D eigenvalue weighted by Crippen LogP contribution is 2.43. The van der Waals surface area contributed by atoms with E-state index >= 15 is 0 Å². The summed E-state index contributed by atoms with van der Waals surface area (Å²) in [6.45, 7) is 9.40. The van der Waals surface area contributed by atoms with E-state index in [1.54, 1.807) is 5.57 Å². The molecule has 2 aliphatic carbocycles. The van der Waals surface area contributed by atoms with Crippen LogP contribution in [0, 0.1) is 5.41 Å². The van der Waals surface area contributed by atoms with E-state index in [-0.39, 0.29) is 5.41 Å². The fraction of sp³-hybridized carbons (Fsp3) is 0.517. The van der Waals surface area contributed by atoms with Gasteiger partial charge in [0.25, 0.3) is 0 Å². The Bertz CT molecular complexity index is 865. The van der Waals surface area contributed by atoms with Crippen molar-refractivity contribution in [2.75, 3.05) is 0 Å². The van der Waals surface area contributed by atoms with Crippen molar-refractivity contribution < 1.29 is 0 Å². The Morgan fingerprint density at radius 2 is 1.48 bits per heavy atom. The Kier molecular flexibility index (Phi) is 5.74. The molecular weight excluding hydrogens is 348 g/mol. The molecule has 0 aliphatic heterocycles. The number of benzene rings is 2. The van der Waals surface area contributed by atoms with E-state index in [1.807, 2.05) is 0 Å². The quantitative estimate of drug-likeness (QED) is 0.494. The average Bonchev–Trinajstić information content (AvgIpc) is 3.07. The molecule has 0 unspecified atom stereocenters. The fourth-order valence-electron chi connectivity index (χ4n) is 5.44. The van der Waals surface area contributed by atoms with Crippen LogP contribution in [-0.4, -0.2) is 0 Å². The van der Waals surface area contributed by atoms with Gasteiger partial charge in [-0.3, -0.25) is 0 Å². The Hall–Kier alpha value is -1.82. The van der Waals surface area contributed by atoms with Gasteiger partial charge in [-0.25, -0.2) is 0 Å². The lowest BCUT2D eigenvalue weighted by atomic mass is 9.73. The first-order chi connectivity index (χ1) is 13.8. The van der Waals surface area contributed by atoms with Crippen LogP contribution in [0.4, 0.5) is 0 Å². The van der Waals surface area contributed by atoms with Crippen LogP contribution in [0.1, 0.15) is 95.8 Å². The van der Waals surface area contributed by atoms with Gasteiger partial charge in [0.1, 0.15) is 0 Å². The first-order valence-corrected chi connectivity index (χ1v) is 11.8. The monoisotopic (exact) mass is 386 g/mol. The topological polar surface area (TPSA) is 0 Å². The summed E-state index contributed by atoms with van der Waals surface area (Å²) in [5.74, 6) is 0. The average molecular weight is 387 g/mol. The highest BCUT2D eigenvalue weighted by molar-refractivity contribution is 5.81. The highest BCUT2D eigenvalue weighted by Gasteiger charge is 2.28. The van der Waals surface area contributed by atoms with Crippen molar-refractivity contribution in [2.24, 2.45) is 5.41 Å². The van der Waals surface area contributed by atoms with E-state index in [0.717, 1.165) is 6.42 Å². The van der Waals surface area contributed by atoms with Crippen molar-refractivity contribution in [1.29, 1.82) is 0 Å². The van der Waals surface area contributed by atoms with E-state index < -0.39 is 0 Å². The summed E-state index contributed by atoms with van der Waals surface area (Å²) in [5, 5.41) is 0. The lowest BCUT2D eigenvalue weighted by Crippen LogP contribution is -2.18. The fourth-order valence-corrected chi connectivity index (χ4v) is 5.44. The standard InChI is InChI=1S/C29H38/c1-28(2,3)25-15-13-23(14-16-25)26-12-10-11-24-19-22(20-27(24)26)21-29(4)17-8-6-5-7-9-18-29/h10-16,20H,5-9,17-19,21H2,1-4H3. The van der Waals surface area contributed by atoms with Crippen LogP contribution in [0.15, 0.2) is 48.0 Å². The molecule has 2 aromatic carbocycles. The Labute approximate surface area is 178 Å². The summed E-state index contributed by atoms with van der Waals surface area (Å²) < 4.78 is 0. The lowest BCUT2D eigenvalue weighted by molar-refractivity contribution is 0.234. The molecule has 0 bridgehead atoms. The van der Waals surface area contributed by atoms with Gasteiger partial charge < -0.3 is 0 Å². The minimum absolute atomic E-state index is 0.206. The van der Waals surface area contributed by atoms with Gasteiger partial charge in [-0.2, -0.15) is 0 Å². The van der Waals surface area contributed by atoms with Gasteiger partial charge in [0.05, 0.1) is 0 Å². The number of rotatable bonds is 3. The maximum absolute atomic E-state index is 2.55. The maximum atomic E-state index is 2.55. The summed E-state index contributed by atoms with van der Waals surface area (Å²) in [6, 6.07) is 16.2. The van der Waals surface area contributed by atoms with E-state index in [1.165, 1.54) is 79.2 Å². The second-order valence-corrected chi connectivity index (χ2v) is 10.9. The van der Waals surface area contributed by atoms with Gasteiger partial charge in [-0.05, 0) is 64.3 Å². The van der Waals surface area contributed by atoms with Gasteiger partial charge in [0.15, 0.2) is 0 Å². The normalized spacial score (nSPS) is 19.2. The van der Waals surface area contributed by atoms with Crippen molar-refractivity contribution in [2.45, 2.75) is 90.9 Å². The van der Waals surface area contributed by atoms with Crippen LogP contribution in [-0.2, 0) is 11.8 Å². The summed E-state index contributed by atoms with van der Waals surface area (Å²) in [7, 11) is 0. The predicted octanol–water partition coefficient (Wildman–Crippen LogP) is 8.73. The highest BCUT2D eigenvalue weighted by atomic mass is 14.3. The van der Waals surface area contributed by atoms with Crippen LogP contribution in [0.25, 0.3) is 17.2 Å². The van der Waals surface area contributed by atoms with E-state index in [0.29, 0.717) is 5.41 Å². The first kappa shape index (κ1) is 20.5. The molecule has 0 spiro atoms. The van der Waals surface area contributed by atoms with Crippen LogP contribution >= 0.6 is 0 Å². The molecule has 0 aromatic heterocycles. The van der Waals surface area contributed by atoms with E-state index in [9.17, 15) is 0 Å². The van der Waals surface area contributed by atoms with Crippen molar-refractivity contribution in [3.05, 3.63) is 64.7 Å². The molecule has 0 nitrogen and oxygen atoms in total. The molecule has 0 N–H and O–H groups in total. The molecule has 0 heteroatoms. The third-order valence-electron chi connectivity index (χ3n) is 7.24. The molecule has 1 fully saturated rings. The molecular formula is C29H38. The van der Waals surface area contributed by atoms with E-state index in [2.05, 4.69) is 76.2 Å². The second kappa shape index (κ2) is 8.13. The van der Waals surface area contributed by atoms with Crippen LogP contribution in [0.5, 0.6) is 0 Å². The summed E-state index contributed by atoms with van der Waals surface area (Å²) in [6.07, 6.45) is 14.9. The largest absolute Gasteiger partial charge is 0.0646 e. The summed E-state index contributed by atoms with van der Waals surface area (Å²) >= 11 is 0. The van der Waals surface area contributed by atoms with E-state index in [4.69, 9.17) is 0 Å². The number of allylic oxidation sites excluding steroid dienone is 1. The third-order valence-corrected chi connectivity index (χ3v) is 7.24. The minimum Gasteiger partial charge on any atom is -0.0646 e. The zero-order valence-corrected chi connectivity index (χ0v) is 19.0. The Morgan fingerprint density at radius 1 is 0.828 bits per heavy atom. The van der Waals surface area contributed by atoms with Gasteiger partial charge in [-0.1, -0.05) is 114 Å². The molecule has 0 radical (unpaired) electrons. The molecule has 2 aliphatic rings. The number of fused-ring (bicyclic) bond motifs is 1. The first-order valence-electron chi connectivity index (χ1n) is 11.8. The maximum Gasteiger partial charge on any atom is -0.00574 e. The van der Waals surface area contributed by atoms with Crippen molar-refractivity contribution in [3.63, 3.8) is 0 Å². The van der Waals surface area contributed by atoms with Gasteiger partial charge in [0.2, 0.25) is 0 Å². The molecule has 0 heterocycles. The molecule has 0 amide bonds. The van der Waals surface area contributed by atoms with Crippen molar-refractivity contribution in [3.8, 4) is 11.1 Å². The number of hydrogen-bond donors (Lipinski definition) is 0. The second-order valence-electron chi connectivity index (χ2n) is 10.9. The molecule has 0 saturated heterocycles. The lowest BCUT2D eigenvalue weighted by Gasteiger charge is -2.32. The SMILES string of the molecule is CC1(CC2=Cc3c(cccc3-c3ccc(C(C)(C)C)cc3)C2)CCCCCCC1. The van der Waals surface area contributed by atoms with Crippen molar-refractivity contribution in [1.82, 2.24) is 0 Å². The molecule has 2 aromatic rings. The van der Waals surface area contributed by atoms with Crippen LogP contribution in [0.3, 0.4) is 0 Å². The predicted molar refractivity (Wildman–Crippen MR) is 127 cm³/mol. The Balaban J connectivity index is 1.58. The molecule has 1 saturated carbocycles. The van der Waals surface area contributed by atoms with Gasteiger partial charge in [-0.15, -0.1) is 0 Å². The molecule has 29 heavy (non-hydrogen) atoms. The zero-order chi connectivity index (χ0) is 20.5. The molecule has 0 atom stereocenters. The van der Waals surface area contributed by atoms with Crippen molar-refractivity contribution >= 4 is 6.08 Å². The number of hydrogen-bond acceptors (Lipinski definition) is 0. The Morgan fingerprint density at radius 3 is 2.14 bits per heavy atom. The van der Waals surface area contributed by atoms with Gasteiger partial charge in [0, 0.05) is 0 Å². The van der Waals surface area contributed by atoms with Crippen LogP contribution in [0.2, 0.25) is 0 Å². The molecule has 4 rings (SSSR count). The molecule has 154 valence electrons. The smallest absolute Gasteiger partial charge is 0.00574 e. The van der Waals surface area contributed by atoms with Crippen LogP contribution < -0.4 is 0 Å². The summed E-state index contributed by atoms with van der Waals surface area (Å²) in [5.41, 5.74) is 9.52. The van der Waals surface area contributed by atoms with Gasteiger partial charge >= 0.3 is 0 Å². The third kappa shape index (κ3) is 4.68.